The number of nitrogens with zero attached hydrogens (tertiary/aromatic N) is 2. The van der Waals surface area contributed by atoms with Gasteiger partial charge in [0, 0.05) is 5.69 Å². The van der Waals surface area contributed by atoms with Gasteiger partial charge in [-0.1, -0.05) is 11.8 Å². The van der Waals surface area contributed by atoms with Crippen molar-refractivity contribution in [3.05, 3.63) is 24.3 Å². The van der Waals surface area contributed by atoms with Crippen LogP contribution in [-0.2, 0) is 4.79 Å². The Bertz CT molecular complexity index is 601. The highest BCUT2D eigenvalue weighted by Crippen LogP contribution is 2.33. The van der Waals surface area contributed by atoms with Crippen molar-refractivity contribution in [1.82, 2.24) is 5.32 Å². The first kappa shape index (κ1) is 12.8. The fraction of sp³-hybridized carbons (Fsp3) is 0.250. The number of rotatable bonds is 2. The van der Waals surface area contributed by atoms with Crippen molar-refractivity contribution in [2.24, 2.45) is 10.7 Å². The Balaban J connectivity index is 1.97. The first-order valence-corrected chi connectivity index (χ1v) is 6.76. The van der Waals surface area contributed by atoms with Crippen molar-refractivity contribution in [1.29, 1.82) is 0 Å². The maximum Gasteiger partial charge on any atom is 0.330 e. The summed E-state index contributed by atoms with van der Waals surface area (Å²) in [6.45, 7) is 0. The number of nitrogens with two attached hydrogens (primary N) is 1. The van der Waals surface area contributed by atoms with E-state index in [0.717, 1.165) is 11.8 Å². The molecule has 2 heterocycles. The van der Waals surface area contributed by atoms with Crippen LogP contribution in [0.25, 0.3) is 0 Å². The van der Waals surface area contributed by atoms with Gasteiger partial charge in [-0.2, -0.15) is 0 Å². The van der Waals surface area contributed by atoms with Crippen LogP contribution >= 0.6 is 11.8 Å². The molecule has 1 fully saturated rings. The van der Waals surface area contributed by atoms with Gasteiger partial charge in [0.1, 0.15) is 11.0 Å². The van der Waals surface area contributed by atoms with E-state index >= 15 is 0 Å². The monoisotopic (exact) mass is 292 g/mol. The van der Waals surface area contributed by atoms with Crippen molar-refractivity contribution < 1.29 is 14.3 Å². The number of amidine groups is 1. The summed E-state index contributed by atoms with van der Waals surface area (Å²) in [6, 6.07) is 6.45. The van der Waals surface area contributed by atoms with Gasteiger partial charge >= 0.3 is 6.03 Å². The Kier molecular flexibility index (Phi) is 3.01. The molecule has 0 radical (unpaired) electrons. The zero-order chi connectivity index (χ0) is 14.3. The molecule has 0 bridgehead atoms. The Morgan fingerprint density at radius 1 is 1.35 bits per heavy atom. The Hall–Kier alpha value is -2.22. The summed E-state index contributed by atoms with van der Waals surface area (Å²) in [7, 11) is 1.57. The number of thioether (sulfide) groups is 1. The number of urea groups is 1. The van der Waals surface area contributed by atoms with Crippen LogP contribution in [0.2, 0.25) is 0 Å². The molecule has 0 aromatic heterocycles. The summed E-state index contributed by atoms with van der Waals surface area (Å²) in [5, 5.41) is 2.12. The lowest BCUT2D eigenvalue weighted by Gasteiger charge is -2.34. The highest BCUT2D eigenvalue weighted by atomic mass is 32.2. The smallest absolute Gasteiger partial charge is 0.330 e. The fourth-order valence-corrected chi connectivity index (χ4v) is 3.07. The molecule has 1 aromatic carbocycles. The third-order valence-corrected chi connectivity index (χ3v) is 4.16. The minimum Gasteiger partial charge on any atom is -0.497 e. The maximum absolute atomic E-state index is 12.1. The molecule has 2 aliphatic heterocycles. The van der Waals surface area contributed by atoms with Crippen molar-refractivity contribution >= 4 is 34.6 Å². The molecule has 0 spiro atoms. The van der Waals surface area contributed by atoms with Crippen LogP contribution in [-0.4, -0.2) is 35.6 Å². The minimum atomic E-state index is -0.602. The molecule has 2 atom stereocenters. The van der Waals surface area contributed by atoms with Gasteiger partial charge in [-0.3, -0.25) is 15.0 Å². The number of fused-ring (bicyclic) bond motifs is 1. The van der Waals surface area contributed by atoms with Crippen molar-refractivity contribution in [2.75, 3.05) is 12.0 Å². The molecule has 7 nitrogen and oxygen atoms in total. The second kappa shape index (κ2) is 4.71. The van der Waals surface area contributed by atoms with Gasteiger partial charge in [0.25, 0.3) is 0 Å². The number of amides is 3. The second-order valence-corrected chi connectivity index (χ2v) is 5.44. The van der Waals surface area contributed by atoms with E-state index in [0.29, 0.717) is 16.6 Å². The van der Waals surface area contributed by atoms with Crippen molar-refractivity contribution in [2.45, 2.75) is 11.4 Å². The molecule has 1 aromatic rings. The first-order chi connectivity index (χ1) is 9.60. The number of benzene rings is 1. The number of imide groups is 1. The number of carbonyl (C=O) groups is 2. The Morgan fingerprint density at radius 3 is 2.70 bits per heavy atom. The summed E-state index contributed by atoms with van der Waals surface area (Å²) >= 11 is 1.16. The molecule has 1 saturated heterocycles. The van der Waals surface area contributed by atoms with E-state index in [1.807, 2.05) is 0 Å². The van der Waals surface area contributed by atoms with E-state index in [9.17, 15) is 9.59 Å². The first-order valence-electron chi connectivity index (χ1n) is 5.88. The van der Waals surface area contributed by atoms with Gasteiger partial charge in [-0.25, -0.2) is 9.79 Å². The molecule has 3 N–H and O–H groups in total. The molecule has 2 aliphatic rings. The largest absolute Gasteiger partial charge is 0.497 e. The van der Waals surface area contributed by atoms with Crippen molar-refractivity contribution in [3.8, 4) is 5.75 Å². The number of aliphatic imine (C=N–C) groups is 1. The number of carbonyl (C=O) groups excluding carboxylic acids is 2. The normalized spacial score (nSPS) is 25.1. The van der Waals surface area contributed by atoms with Crippen LogP contribution in [0, 0.1) is 0 Å². The summed E-state index contributed by atoms with van der Waals surface area (Å²) in [6.07, 6.45) is -0.602. The zero-order valence-electron chi connectivity index (χ0n) is 10.6. The molecular formula is C12H12N4O3S. The number of ether oxygens (including phenoxy) is 1. The number of hydrogen-bond acceptors (Lipinski definition) is 6. The molecule has 8 heteroatoms. The van der Waals surface area contributed by atoms with E-state index in [1.165, 1.54) is 4.90 Å². The summed E-state index contributed by atoms with van der Waals surface area (Å²) in [4.78, 5) is 29.4. The van der Waals surface area contributed by atoms with E-state index < -0.39 is 17.4 Å². The minimum absolute atomic E-state index is 0.309. The third kappa shape index (κ3) is 1.97. The van der Waals surface area contributed by atoms with Gasteiger partial charge in [0.2, 0.25) is 5.91 Å². The summed E-state index contributed by atoms with van der Waals surface area (Å²) < 4.78 is 5.08. The SMILES string of the molecule is COc1ccc(N2C(=O)NC(=O)C3SC(N)=NC32)cc1. The standard InChI is InChI=1S/C12H12N4O3S/c1-19-7-4-2-6(3-5-7)16-9-8(20-11(13)14-9)10(17)15-12(16)18/h2-5,8-9H,1H3,(H2,13,14)(H,15,17,18). The van der Waals surface area contributed by atoms with E-state index in [1.54, 1.807) is 31.4 Å². The zero-order valence-corrected chi connectivity index (χ0v) is 11.4. The van der Waals surface area contributed by atoms with Crippen molar-refractivity contribution in [3.63, 3.8) is 0 Å². The third-order valence-electron chi connectivity index (χ3n) is 3.10. The quantitative estimate of drug-likeness (QED) is 0.827. The molecular weight excluding hydrogens is 280 g/mol. The van der Waals surface area contributed by atoms with Gasteiger partial charge in [0.15, 0.2) is 11.3 Å². The summed E-state index contributed by atoms with van der Waals surface area (Å²) in [5.41, 5.74) is 6.29. The van der Waals surface area contributed by atoms with Gasteiger partial charge < -0.3 is 10.5 Å². The fourth-order valence-electron chi connectivity index (χ4n) is 2.17. The van der Waals surface area contributed by atoms with Crippen LogP contribution < -0.4 is 20.7 Å². The lowest BCUT2D eigenvalue weighted by Crippen LogP contribution is -2.60. The number of methoxy groups -OCH3 is 1. The highest BCUT2D eigenvalue weighted by molar-refractivity contribution is 8.15. The molecule has 0 saturated carbocycles. The maximum atomic E-state index is 12.1. The van der Waals surface area contributed by atoms with Crippen LogP contribution in [0.3, 0.4) is 0 Å². The summed E-state index contributed by atoms with van der Waals surface area (Å²) in [5.74, 6) is 0.321. The van der Waals surface area contributed by atoms with Gasteiger partial charge in [0.05, 0.1) is 7.11 Å². The van der Waals surface area contributed by atoms with Crippen LogP contribution in [0.4, 0.5) is 10.5 Å². The predicted octanol–water partition coefficient (Wildman–Crippen LogP) is 0.508. The highest BCUT2D eigenvalue weighted by Gasteiger charge is 2.46. The lowest BCUT2D eigenvalue weighted by molar-refractivity contribution is -0.120. The number of hydrogen-bond donors (Lipinski definition) is 2. The average Bonchev–Trinajstić information content (AvgIpc) is 2.81. The Labute approximate surface area is 119 Å². The van der Waals surface area contributed by atoms with Crippen LogP contribution in [0.15, 0.2) is 29.3 Å². The van der Waals surface area contributed by atoms with Gasteiger partial charge in [-0.15, -0.1) is 0 Å². The Morgan fingerprint density at radius 2 is 2.05 bits per heavy atom. The van der Waals surface area contributed by atoms with Crippen LogP contribution in [0.1, 0.15) is 0 Å². The van der Waals surface area contributed by atoms with E-state index in [-0.39, 0.29) is 5.91 Å². The molecule has 0 aliphatic carbocycles. The number of anilines is 1. The van der Waals surface area contributed by atoms with Gasteiger partial charge in [-0.05, 0) is 24.3 Å². The molecule has 3 amide bonds. The molecule has 20 heavy (non-hydrogen) atoms. The van der Waals surface area contributed by atoms with Crippen LogP contribution in [0.5, 0.6) is 5.75 Å². The van der Waals surface area contributed by atoms with E-state index in [4.69, 9.17) is 10.5 Å². The lowest BCUT2D eigenvalue weighted by atomic mass is 10.2. The molecule has 3 rings (SSSR count). The second-order valence-electron chi connectivity index (χ2n) is 4.28. The predicted molar refractivity (Wildman–Crippen MR) is 75.8 cm³/mol. The molecule has 104 valence electrons. The van der Waals surface area contributed by atoms with E-state index in [2.05, 4.69) is 10.3 Å². The average molecular weight is 292 g/mol. The molecule has 2 unspecified atom stereocenters. The number of nitrogens with one attached hydrogen (secondary N) is 1. The topological polar surface area (TPSA) is 97.0 Å².